The lowest BCUT2D eigenvalue weighted by Crippen LogP contribution is -2.58. The van der Waals surface area contributed by atoms with Crippen LogP contribution in [0, 0.1) is 23.7 Å². The molecule has 0 atom stereocenters. The van der Waals surface area contributed by atoms with Gasteiger partial charge in [0.05, 0.1) is 0 Å². The number of ether oxygens (including phenoxy) is 2. The third-order valence-corrected chi connectivity index (χ3v) is 6.78. The van der Waals surface area contributed by atoms with Crippen LogP contribution in [-0.2, 0) is 9.53 Å². The van der Waals surface area contributed by atoms with Crippen LogP contribution in [0.2, 0.25) is 0 Å². The third kappa shape index (κ3) is 2.85. The molecule has 26 heavy (non-hydrogen) atoms. The van der Waals surface area contributed by atoms with E-state index >= 15 is 0 Å². The van der Waals surface area contributed by atoms with Gasteiger partial charge in [0.1, 0.15) is 16.9 Å². The van der Waals surface area contributed by atoms with Gasteiger partial charge in [0.15, 0.2) is 0 Å². The Kier molecular flexibility index (Phi) is 4.17. The van der Waals surface area contributed by atoms with Crippen LogP contribution < -0.4 is 4.74 Å². The molecular formula is C22H26O4. The zero-order chi connectivity index (χ0) is 18.5. The zero-order valence-electron chi connectivity index (χ0n) is 15.5. The van der Waals surface area contributed by atoms with Gasteiger partial charge >= 0.3 is 11.9 Å². The first-order chi connectivity index (χ1) is 12.4. The van der Waals surface area contributed by atoms with Gasteiger partial charge in [0.2, 0.25) is 0 Å². The normalized spacial score (nSPS) is 34.4. The number of benzene rings is 1. The molecule has 0 aliphatic heterocycles. The standard InChI is InChI=1S/C22H26O4/c1-4-14-5-6-20(25-13(2)23)19(12-14)21(24)26-22(3)17-8-15-7-16(10-17)11-18(22)9-15/h4-6,12,15-18H,1,7-11H2,2-3H3. The van der Waals surface area contributed by atoms with E-state index in [2.05, 4.69) is 13.5 Å². The molecule has 0 spiro atoms. The van der Waals surface area contributed by atoms with E-state index in [-0.39, 0.29) is 5.75 Å². The monoisotopic (exact) mass is 354 g/mol. The molecule has 0 N–H and O–H groups in total. The van der Waals surface area contributed by atoms with Gasteiger partial charge in [0, 0.05) is 6.92 Å². The Morgan fingerprint density at radius 2 is 1.73 bits per heavy atom. The van der Waals surface area contributed by atoms with E-state index < -0.39 is 17.5 Å². The van der Waals surface area contributed by atoms with E-state index in [9.17, 15) is 9.59 Å². The molecule has 4 nitrogen and oxygen atoms in total. The molecule has 5 rings (SSSR count). The minimum atomic E-state index is -0.453. The van der Waals surface area contributed by atoms with Crippen LogP contribution in [0.4, 0.5) is 0 Å². The van der Waals surface area contributed by atoms with Crippen molar-refractivity contribution in [3.05, 3.63) is 35.9 Å². The summed E-state index contributed by atoms with van der Waals surface area (Å²) in [5, 5.41) is 0. The number of carbonyl (C=O) groups excluding carboxylic acids is 2. The highest BCUT2D eigenvalue weighted by Crippen LogP contribution is 2.59. The minimum Gasteiger partial charge on any atom is -0.455 e. The fourth-order valence-corrected chi connectivity index (χ4v) is 5.62. The number of esters is 2. The summed E-state index contributed by atoms with van der Waals surface area (Å²) in [5.41, 5.74) is 0.679. The Labute approximate surface area is 154 Å². The molecule has 0 heterocycles. The summed E-state index contributed by atoms with van der Waals surface area (Å²) in [6.07, 6.45) is 7.69. The van der Waals surface area contributed by atoms with Crippen molar-refractivity contribution in [2.24, 2.45) is 23.7 Å². The maximum absolute atomic E-state index is 13.1. The molecule has 1 aromatic carbocycles. The van der Waals surface area contributed by atoms with Crippen molar-refractivity contribution in [2.45, 2.75) is 51.6 Å². The maximum Gasteiger partial charge on any atom is 0.342 e. The SMILES string of the molecule is C=Cc1ccc(OC(C)=O)c(C(=O)OC2(C)C3CC4CC(C3)CC2C4)c1. The summed E-state index contributed by atoms with van der Waals surface area (Å²) in [6, 6.07) is 5.09. The third-order valence-electron chi connectivity index (χ3n) is 6.78. The molecule has 4 heteroatoms. The molecule has 0 aromatic heterocycles. The quantitative estimate of drug-likeness (QED) is 0.584. The van der Waals surface area contributed by atoms with Crippen LogP contribution >= 0.6 is 0 Å². The molecule has 0 unspecified atom stereocenters. The predicted octanol–water partition coefficient (Wildman–Crippen LogP) is 4.63. The smallest absolute Gasteiger partial charge is 0.342 e. The Morgan fingerprint density at radius 1 is 1.12 bits per heavy atom. The van der Waals surface area contributed by atoms with Gasteiger partial charge in [-0.15, -0.1) is 0 Å². The van der Waals surface area contributed by atoms with Gasteiger partial charge in [-0.2, -0.15) is 0 Å². The predicted molar refractivity (Wildman–Crippen MR) is 98.7 cm³/mol. The summed E-state index contributed by atoms with van der Waals surface area (Å²) in [7, 11) is 0. The molecule has 4 aliphatic carbocycles. The molecule has 1 aromatic rings. The first-order valence-electron chi connectivity index (χ1n) is 9.57. The van der Waals surface area contributed by atoms with Crippen molar-refractivity contribution in [3.63, 3.8) is 0 Å². The van der Waals surface area contributed by atoms with Crippen LogP contribution in [0.15, 0.2) is 24.8 Å². The van der Waals surface area contributed by atoms with E-state index in [1.807, 2.05) is 0 Å². The van der Waals surface area contributed by atoms with Gasteiger partial charge in [-0.05, 0) is 80.4 Å². The van der Waals surface area contributed by atoms with Gasteiger partial charge in [0.25, 0.3) is 0 Å². The Bertz CT molecular complexity index is 735. The van der Waals surface area contributed by atoms with Crippen LogP contribution in [-0.4, -0.2) is 17.5 Å². The van der Waals surface area contributed by atoms with Crippen molar-refractivity contribution in [2.75, 3.05) is 0 Å². The molecule has 4 fully saturated rings. The molecule has 0 amide bonds. The van der Waals surface area contributed by atoms with Crippen molar-refractivity contribution >= 4 is 18.0 Å². The van der Waals surface area contributed by atoms with E-state index in [0.717, 1.165) is 17.4 Å². The summed E-state index contributed by atoms with van der Waals surface area (Å²) < 4.78 is 11.4. The summed E-state index contributed by atoms with van der Waals surface area (Å²) >= 11 is 0. The van der Waals surface area contributed by atoms with E-state index in [4.69, 9.17) is 9.47 Å². The van der Waals surface area contributed by atoms with Gasteiger partial charge in [-0.25, -0.2) is 4.79 Å². The maximum atomic E-state index is 13.1. The average Bonchev–Trinajstić information content (AvgIpc) is 2.59. The van der Waals surface area contributed by atoms with Crippen LogP contribution in [0.5, 0.6) is 5.75 Å². The molecular weight excluding hydrogens is 328 g/mol. The topological polar surface area (TPSA) is 52.6 Å². The van der Waals surface area contributed by atoms with Gasteiger partial charge in [-0.1, -0.05) is 18.7 Å². The van der Waals surface area contributed by atoms with Crippen molar-refractivity contribution in [1.82, 2.24) is 0 Å². The number of hydrogen-bond donors (Lipinski definition) is 0. The number of hydrogen-bond acceptors (Lipinski definition) is 4. The minimum absolute atomic E-state index is 0.250. The summed E-state index contributed by atoms with van der Waals surface area (Å²) in [5.74, 6) is 1.91. The molecule has 4 aliphatic rings. The number of rotatable bonds is 4. The van der Waals surface area contributed by atoms with E-state index in [1.165, 1.54) is 39.0 Å². The molecule has 0 radical (unpaired) electrons. The first-order valence-corrected chi connectivity index (χ1v) is 9.57. The zero-order valence-corrected chi connectivity index (χ0v) is 15.5. The van der Waals surface area contributed by atoms with Gasteiger partial charge < -0.3 is 9.47 Å². The molecule has 4 bridgehead atoms. The van der Waals surface area contributed by atoms with Gasteiger partial charge in [-0.3, -0.25) is 4.79 Å². The van der Waals surface area contributed by atoms with Crippen molar-refractivity contribution < 1.29 is 19.1 Å². The van der Waals surface area contributed by atoms with Crippen LogP contribution in [0.25, 0.3) is 6.08 Å². The second kappa shape index (κ2) is 6.26. The summed E-state index contributed by atoms with van der Waals surface area (Å²) in [6.45, 7) is 7.19. The highest BCUT2D eigenvalue weighted by atomic mass is 16.6. The second-order valence-electron chi connectivity index (χ2n) is 8.43. The fourth-order valence-electron chi connectivity index (χ4n) is 5.62. The Balaban J connectivity index is 1.62. The Hall–Kier alpha value is -2.10. The number of carbonyl (C=O) groups is 2. The lowest BCUT2D eigenvalue weighted by atomic mass is 9.50. The molecule has 138 valence electrons. The van der Waals surface area contributed by atoms with Crippen molar-refractivity contribution in [3.8, 4) is 5.75 Å². The molecule has 4 saturated carbocycles. The van der Waals surface area contributed by atoms with E-state index in [1.54, 1.807) is 24.3 Å². The first kappa shape index (κ1) is 17.3. The lowest BCUT2D eigenvalue weighted by molar-refractivity contribution is -0.165. The van der Waals surface area contributed by atoms with Crippen LogP contribution in [0.1, 0.15) is 61.9 Å². The van der Waals surface area contributed by atoms with Crippen molar-refractivity contribution in [1.29, 1.82) is 0 Å². The average molecular weight is 354 g/mol. The highest BCUT2D eigenvalue weighted by molar-refractivity contribution is 5.94. The molecule has 0 saturated heterocycles. The largest absolute Gasteiger partial charge is 0.455 e. The fraction of sp³-hybridized carbons (Fsp3) is 0.545. The lowest BCUT2D eigenvalue weighted by Gasteiger charge is -2.59. The second-order valence-corrected chi connectivity index (χ2v) is 8.43. The van der Waals surface area contributed by atoms with E-state index in [0.29, 0.717) is 17.4 Å². The Morgan fingerprint density at radius 3 is 2.27 bits per heavy atom. The summed E-state index contributed by atoms with van der Waals surface area (Å²) in [4.78, 5) is 24.5. The highest BCUT2D eigenvalue weighted by Gasteiger charge is 2.57. The van der Waals surface area contributed by atoms with Crippen LogP contribution in [0.3, 0.4) is 0 Å².